The molecule has 0 saturated carbocycles. The van der Waals surface area contributed by atoms with Crippen LogP contribution in [-0.4, -0.2) is 32.5 Å². The zero-order chi connectivity index (χ0) is 14.5. The van der Waals surface area contributed by atoms with Gasteiger partial charge in [0, 0.05) is 31.9 Å². The molecule has 0 unspecified atom stereocenters. The highest BCUT2D eigenvalue weighted by molar-refractivity contribution is 7.98. The highest BCUT2D eigenvalue weighted by Gasteiger charge is 2.08. The number of thioether (sulfide) groups is 1. The second-order valence-electron chi connectivity index (χ2n) is 5.12. The lowest BCUT2D eigenvalue weighted by Gasteiger charge is -2.07. The van der Waals surface area contributed by atoms with E-state index in [0.717, 1.165) is 34.4 Å². The number of hydrogen-bond donors (Lipinski definition) is 1. The summed E-state index contributed by atoms with van der Waals surface area (Å²) in [6, 6.07) is 1.95. The Morgan fingerprint density at radius 3 is 2.75 bits per heavy atom. The zero-order valence-electron chi connectivity index (χ0n) is 12.4. The zero-order valence-corrected chi connectivity index (χ0v) is 13.2. The smallest absolute Gasteiger partial charge is 0.141 e. The summed E-state index contributed by atoms with van der Waals surface area (Å²) in [5.41, 5.74) is 1.93. The fourth-order valence-electron chi connectivity index (χ4n) is 1.78. The summed E-state index contributed by atoms with van der Waals surface area (Å²) in [4.78, 5) is 9.15. The van der Waals surface area contributed by atoms with Crippen LogP contribution in [0.25, 0.3) is 11.3 Å². The van der Waals surface area contributed by atoms with Crippen molar-refractivity contribution in [1.29, 1.82) is 0 Å². The molecule has 2 rings (SSSR count). The summed E-state index contributed by atoms with van der Waals surface area (Å²) in [6.07, 6.45) is 3.79. The number of nitrogens with zero attached hydrogens (tertiary/aromatic N) is 4. The molecule has 0 aliphatic carbocycles. The molecule has 0 atom stereocenters. The van der Waals surface area contributed by atoms with Crippen LogP contribution in [-0.2, 0) is 12.8 Å². The highest BCUT2D eigenvalue weighted by atomic mass is 32.2. The van der Waals surface area contributed by atoms with Crippen LogP contribution < -0.4 is 5.32 Å². The van der Waals surface area contributed by atoms with Gasteiger partial charge in [-0.15, -0.1) is 0 Å². The summed E-state index contributed by atoms with van der Waals surface area (Å²) in [5.74, 6) is 4.35. The number of aryl methyl sites for hydroxylation is 1. The lowest BCUT2D eigenvalue weighted by Crippen LogP contribution is -2.01. The summed E-state index contributed by atoms with van der Waals surface area (Å²) in [5, 5.41) is 7.29. The van der Waals surface area contributed by atoms with Crippen LogP contribution in [0, 0.1) is 5.92 Å². The molecule has 2 heterocycles. The Morgan fingerprint density at radius 1 is 1.35 bits per heavy atom. The molecule has 20 heavy (non-hydrogen) atoms. The Balaban J connectivity index is 2.20. The van der Waals surface area contributed by atoms with Gasteiger partial charge in [-0.3, -0.25) is 4.68 Å². The maximum Gasteiger partial charge on any atom is 0.141 e. The topological polar surface area (TPSA) is 55.6 Å². The molecule has 0 radical (unpaired) electrons. The van der Waals surface area contributed by atoms with E-state index in [1.165, 1.54) is 0 Å². The molecule has 1 N–H and O–H groups in total. The van der Waals surface area contributed by atoms with Crippen LogP contribution in [0.1, 0.15) is 19.7 Å². The van der Waals surface area contributed by atoms with Gasteiger partial charge in [0.2, 0.25) is 0 Å². The monoisotopic (exact) mass is 291 g/mol. The van der Waals surface area contributed by atoms with Crippen LogP contribution in [0.4, 0.5) is 5.82 Å². The average Bonchev–Trinajstić information content (AvgIpc) is 2.84. The first-order chi connectivity index (χ1) is 9.58. The van der Waals surface area contributed by atoms with E-state index >= 15 is 0 Å². The second-order valence-corrected chi connectivity index (χ2v) is 6.15. The summed E-state index contributed by atoms with van der Waals surface area (Å²) in [6.45, 7) is 4.44. The van der Waals surface area contributed by atoms with E-state index in [2.05, 4.69) is 34.2 Å². The molecule has 6 heteroatoms. The van der Waals surface area contributed by atoms with E-state index in [0.29, 0.717) is 5.92 Å². The standard InChI is InChI=1S/C14H21N5S/c1-10(2)8-20-9-14-17-12(5-13(15-3)18-14)11-6-16-19(4)7-11/h5-7,10H,8-9H2,1-4H3,(H,15,17,18). The Labute approximate surface area is 124 Å². The van der Waals surface area contributed by atoms with Crippen molar-refractivity contribution >= 4 is 17.6 Å². The summed E-state index contributed by atoms with van der Waals surface area (Å²) < 4.78 is 1.78. The Bertz CT molecular complexity index is 564. The molecular weight excluding hydrogens is 270 g/mol. The molecule has 2 aromatic rings. The van der Waals surface area contributed by atoms with E-state index in [-0.39, 0.29) is 0 Å². The minimum absolute atomic E-state index is 0.685. The molecule has 0 aromatic carbocycles. The van der Waals surface area contributed by atoms with Crippen molar-refractivity contribution in [3.8, 4) is 11.3 Å². The largest absolute Gasteiger partial charge is 0.373 e. The van der Waals surface area contributed by atoms with Crippen molar-refractivity contribution in [2.75, 3.05) is 18.1 Å². The Hall–Kier alpha value is -1.56. The van der Waals surface area contributed by atoms with E-state index in [1.807, 2.05) is 44.3 Å². The first-order valence-corrected chi connectivity index (χ1v) is 7.86. The van der Waals surface area contributed by atoms with Gasteiger partial charge in [0.25, 0.3) is 0 Å². The van der Waals surface area contributed by atoms with Crippen molar-refractivity contribution in [2.45, 2.75) is 19.6 Å². The number of aromatic nitrogens is 4. The van der Waals surface area contributed by atoms with Crippen molar-refractivity contribution in [2.24, 2.45) is 13.0 Å². The van der Waals surface area contributed by atoms with Gasteiger partial charge in [-0.1, -0.05) is 13.8 Å². The van der Waals surface area contributed by atoms with Crippen LogP contribution in [0.3, 0.4) is 0 Å². The molecule has 0 saturated heterocycles. The van der Waals surface area contributed by atoms with Crippen molar-refractivity contribution in [1.82, 2.24) is 19.7 Å². The predicted molar refractivity (Wildman–Crippen MR) is 84.8 cm³/mol. The van der Waals surface area contributed by atoms with Crippen LogP contribution in [0.5, 0.6) is 0 Å². The van der Waals surface area contributed by atoms with Gasteiger partial charge < -0.3 is 5.32 Å². The van der Waals surface area contributed by atoms with Crippen molar-refractivity contribution < 1.29 is 0 Å². The van der Waals surface area contributed by atoms with E-state index < -0.39 is 0 Å². The lowest BCUT2D eigenvalue weighted by molar-refractivity contribution is 0.750. The molecule has 0 bridgehead atoms. The first-order valence-electron chi connectivity index (χ1n) is 6.71. The minimum Gasteiger partial charge on any atom is -0.373 e. The maximum absolute atomic E-state index is 4.64. The van der Waals surface area contributed by atoms with Gasteiger partial charge in [-0.05, 0) is 11.7 Å². The van der Waals surface area contributed by atoms with E-state index in [1.54, 1.807) is 4.68 Å². The number of anilines is 1. The predicted octanol–water partition coefficient (Wildman–Crippen LogP) is 2.81. The quantitative estimate of drug-likeness (QED) is 0.887. The fraction of sp³-hybridized carbons (Fsp3) is 0.500. The van der Waals surface area contributed by atoms with E-state index in [4.69, 9.17) is 0 Å². The third-order valence-electron chi connectivity index (χ3n) is 2.71. The number of hydrogen-bond acceptors (Lipinski definition) is 5. The highest BCUT2D eigenvalue weighted by Crippen LogP contribution is 2.21. The molecule has 5 nitrogen and oxygen atoms in total. The second kappa shape index (κ2) is 6.74. The molecule has 0 aliphatic heterocycles. The Morgan fingerprint density at radius 2 is 2.15 bits per heavy atom. The third kappa shape index (κ3) is 3.96. The third-order valence-corrected chi connectivity index (χ3v) is 4.08. The summed E-state index contributed by atoms with van der Waals surface area (Å²) in [7, 11) is 3.78. The molecule has 0 amide bonds. The van der Waals surface area contributed by atoms with Gasteiger partial charge in [-0.2, -0.15) is 16.9 Å². The van der Waals surface area contributed by atoms with Crippen LogP contribution in [0.15, 0.2) is 18.5 Å². The Kier molecular flexibility index (Phi) is 5.00. The molecule has 0 spiro atoms. The molecule has 0 fully saturated rings. The molecule has 108 valence electrons. The van der Waals surface area contributed by atoms with Gasteiger partial charge >= 0.3 is 0 Å². The lowest BCUT2D eigenvalue weighted by atomic mass is 10.2. The average molecular weight is 291 g/mol. The summed E-state index contributed by atoms with van der Waals surface area (Å²) >= 11 is 1.87. The molecule has 0 aliphatic rings. The first kappa shape index (κ1) is 14.8. The van der Waals surface area contributed by atoms with Gasteiger partial charge in [0.05, 0.1) is 17.6 Å². The van der Waals surface area contributed by atoms with Crippen molar-refractivity contribution in [3.63, 3.8) is 0 Å². The fourth-order valence-corrected chi connectivity index (χ4v) is 2.68. The maximum atomic E-state index is 4.64. The van der Waals surface area contributed by atoms with Crippen LogP contribution in [0.2, 0.25) is 0 Å². The van der Waals surface area contributed by atoms with Gasteiger partial charge in [0.1, 0.15) is 11.6 Å². The SMILES string of the molecule is CNc1cc(-c2cnn(C)c2)nc(CSCC(C)C)n1. The van der Waals surface area contributed by atoms with E-state index in [9.17, 15) is 0 Å². The molecule has 2 aromatic heterocycles. The van der Waals surface area contributed by atoms with Crippen molar-refractivity contribution in [3.05, 3.63) is 24.3 Å². The van der Waals surface area contributed by atoms with Crippen LogP contribution >= 0.6 is 11.8 Å². The van der Waals surface area contributed by atoms with Gasteiger partial charge in [0.15, 0.2) is 0 Å². The number of nitrogens with one attached hydrogen (secondary N) is 1. The van der Waals surface area contributed by atoms with Gasteiger partial charge in [-0.25, -0.2) is 9.97 Å². The normalized spacial score (nSPS) is 11.1. The molecular formula is C14H21N5S. The minimum atomic E-state index is 0.685. The number of rotatable bonds is 6.